The first-order valence-corrected chi connectivity index (χ1v) is 9.49. The maximum atomic E-state index is 12.7. The molecule has 1 aliphatic heterocycles. The summed E-state index contributed by atoms with van der Waals surface area (Å²) in [4.78, 5) is 16.9. The lowest BCUT2D eigenvalue weighted by Crippen LogP contribution is -2.50. The lowest BCUT2D eigenvalue weighted by molar-refractivity contribution is 0.208. The molecule has 6 heteroatoms. The van der Waals surface area contributed by atoms with Crippen molar-refractivity contribution in [1.82, 2.24) is 4.90 Å². The molecule has 0 atom stereocenters. The summed E-state index contributed by atoms with van der Waals surface area (Å²) in [6, 6.07) is 9.81. The zero-order valence-corrected chi connectivity index (χ0v) is 17.1. The Hall–Kier alpha value is -2.40. The molecule has 0 aromatic heterocycles. The summed E-state index contributed by atoms with van der Waals surface area (Å²) in [5.41, 5.74) is 5.37. The minimum absolute atomic E-state index is 0.115. The first kappa shape index (κ1) is 19.4. The summed E-state index contributed by atoms with van der Waals surface area (Å²) in [7, 11) is 1.57. The molecule has 5 nitrogen and oxygen atoms in total. The van der Waals surface area contributed by atoms with Gasteiger partial charge in [-0.1, -0.05) is 29.8 Å². The molecular formula is C21H26ClN3O2. The van der Waals surface area contributed by atoms with Crippen molar-refractivity contribution in [2.24, 2.45) is 0 Å². The van der Waals surface area contributed by atoms with E-state index < -0.39 is 0 Å². The monoisotopic (exact) mass is 387 g/mol. The van der Waals surface area contributed by atoms with E-state index in [4.69, 9.17) is 16.3 Å². The molecule has 2 aromatic carbocycles. The number of rotatable bonds is 3. The van der Waals surface area contributed by atoms with Gasteiger partial charge in [-0.2, -0.15) is 0 Å². The van der Waals surface area contributed by atoms with Gasteiger partial charge in [0.25, 0.3) is 0 Å². The number of ether oxygens (including phenoxy) is 1. The molecule has 2 amide bonds. The summed E-state index contributed by atoms with van der Waals surface area (Å²) in [6.07, 6.45) is 0. The first-order valence-electron chi connectivity index (χ1n) is 9.12. The molecule has 0 unspecified atom stereocenters. The highest BCUT2D eigenvalue weighted by Crippen LogP contribution is 2.31. The Kier molecular flexibility index (Phi) is 5.80. The van der Waals surface area contributed by atoms with Crippen molar-refractivity contribution >= 4 is 29.0 Å². The number of para-hydroxylation sites is 1. The molecule has 1 fully saturated rings. The van der Waals surface area contributed by atoms with E-state index in [1.807, 2.05) is 17.9 Å². The summed E-state index contributed by atoms with van der Waals surface area (Å²) in [6.45, 7) is 9.16. The maximum Gasteiger partial charge on any atom is 0.322 e. The highest BCUT2D eigenvalue weighted by atomic mass is 35.5. The fraction of sp³-hybridized carbons (Fsp3) is 0.381. The molecule has 1 aliphatic rings. The molecule has 144 valence electrons. The Balaban J connectivity index is 1.67. The number of piperazine rings is 1. The molecule has 27 heavy (non-hydrogen) atoms. The third-order valence-electron chi connectivity index (χ3n) is 5.04. The number of amides is 2. The molecule has 0 aliphatic carbocycles. The Morgan fingerprint density at radius 2 is 1.67 bits per heavy atom. The van der Waals surface area contributed by atoms with Gasteiger partial charge in [0.15, 0.2) is 0 Å². The van der Waals surface area contributed by atoms with E-state index in [1.54, 1.807) is 13.2 Å². The van der Waals surface area contributed by atoms with Crippen LogP contribution in [-0.4, -0.2) is 44.2 Å². The Morgan fingerprint density at radius 3 is 2.26 bits per heavy atom. The van der Waals surface area contributed by atoms with Crippen molar-refractivity contribution in [3.63, 3.8) is 0 Å². The van der Waals surface area contributed by atoms with Crippen molar-refractivity contribution < 1.29 is 9.53 Å². The molecule has 3 rings (SSSR count). The van der Waals surface area contributed by atoms with Gasteiger partial charge in [-0.3, -0.25) is 0 Å². The number of nitrogens with one attached hydrogen (secondary N) is 1. The molecule has 1 saturated heterocycles. The van der Waals surface area contributed by atoms with Crippen LogP contribution in [-0.2, 0) is 0 Å². The summed E-state index contributed by atoms with van der Waals surface area (Å²) in [5.74, 6) is 0.563. The lowest BCUT2D eigenvalue weighted by atomic mass is 10.1. The normalized spacial score (nSPS) is 14.3. The van der Waals surface area contributed by atoms with Crippen molar-refractivity contribution in [3.05, 3.63) is 52.0 Å². The summed E-state index contributed by atoms with van der Waals surface area (Å²) in [5, 5.41) is 3.58. The topological polar surface area (TPSA) is 44.8 Å². The van der Waals surface area contributed by atoms with Crippen LogP contribution in [0.25, 0.3) is 0 Å². The van der Waals surface area contributed by atoms with E-state index in [0.29, 0.717) is 29.5 Å². The number of halogens is 1. The predicted octanol–water partition coefficient (Wildman–Crippen LogP) is 4.63. The number of urea groups is 1. The summed E-state index contributed by atoms with van der Waals surface area (Å²) >= 11 is 6.14. The van der Waals surface area contributed by atoms with Crippen LogP contribution in [0.2, 0.25) is 5.02 Å². The van der Waals surface area contributed by atoms with Gasteiger partial charge in [0.1, 0.15) is 5.75 Å². The molecule has 2 aromatic rings. The van der Waals surface area contributed by atoms with Crippen LogP contribution < -0.4 is 15.0 Å². The second kappa shape index (κ2) is 8.09. The van der Waals surface area contributed by atoms with Crippen molar-refractivity contribution in [2.45, 2.75) is 20.8 Å². The first-order chi connectivity index (χ1) is 12.9. The fourth-order valence-electron chi connectivity index (χ4n) is 3.56. The van der Waals surface area contributed by atoms with E-state index >= 15 is 0 Å². The van der Waals surface area contributed by atoms with Crippen LogP contribution in [0.3, 0.4) is 0 Å². The number of methoxy groups -OCH3 is 1. The second-order valence-corrected chi connectivity index (χ2v) is 7.35. The third kappa shape index (κ3) is 4.14. The van der Waals surface area contributed by atoms with E-state index in [-0.39, 0.29) is 6.03 Å². The van der Waals surface area contributed by atoms with Gasteiger partial charge in [0, 0.05) is 43.0 Å². The lowest BCUT2D eigenvalue weighted by Gasteiger charge is -2.37. The SMILES string of the molecule is COc1cc(Cl)c(C)cc1NC(=O)N1CCN(c2c(C)cccc2C)CC1. The van der Waals surface area contributed by atoms with Gasteiger partial charge < -0.3 is 19.9 Å². The van der Waals surface area contributed by atoms with Gasteiger partial charge in [-0.05, 0) is 43.5 Å². The van der Waals surface area contributed by atoms with Crippen LogP contribution in [0.4, 0.5) is 16.2 Å². The zero-order valence-electron chi connectivity index (χ0n) is 16.3. The standard InChI is InChI=1S/C21H26ClN3O2/c1-14-6-5-7-15(2)20(14)24-8-10-25(11-9-24)21(26)23-18-12-16(3)17(22)13-19(18)27-4/h5-7,12-13H,8-11H2,1-4H3,(H,23,26). The van der Waals surface area contributed by atoms with Crippen molar-refractivity contribution in [3.8, 4) is 5.75 Å². The van der Waals surface area contributed by atoms with Gasteiger partial charge in [0.05, 0.1) is 12.8 Å². The number of carbonyl (C=O) groups excluding carboxylic acids is 1. The number of aryl methyl sites for hydroxylation is 3. The Morgan fingerprint density at radius 1 is 1.04 bits per heavy atom. The van der Waals surface area contributed by atoms with E-state index in [9.17, 15) is 4.79 Å². The van der Waals surface area contributed by atoms with Gasteiger partial charge in [0.2, 0.25) is 0 Å². The predicted molar refractivity (Wildman–Crippen MR) is 111 cm³/mol. The number of anilines is 2. The Labute approximate surface area is 165 Å². The number of nitrogens with zero attached hydrogens (tertiary/aromatic N) is 2. The van der Waals surface area contributed by atoms with Crippen LogP contribution in [0.1, 0.15) is 16.7 Å². The number of carbonyl (C=O) groups is 1. The van der Waals surface area contributed by atoms with Crippen molar-refractivity contribution in [2.75, 3.05) is 43.5 Å². The van der Waals surface area contributed by atoms with Crippen LogP contribution in [0.5, 0.6) is 5.75 Å². The average molecular weight is 388 g/mol. The zero-order chi connectivity index (χ0) is 19.6. The Bertz CT molecular complexity index is 825. The van der Waals surface area contributed by atoms with Gasteiger partial charge in [-0.15, -0.1) is 0 Å². The van der Waals surface area contributed by atoms with E-state index in [2.05, 4.69) is 42.3 Å². The molecule has 0 bridgehead atoms. The van der Waals surface area contributed by atoms with Crippen LogP contribution >= 0.6 is 11.6 Å². The minimum Gasteiger partial charge on any atom is -0.495 e. The largest absolute Gasteiger partial charge is 0.495 e. The molecule has 1 heterocycles. The van der Waals surface area contributed by atoms with Gasteiger partial charge >= 0.3 is 6.03 Å². The van der Waals surface area contributed by atoms with Gasteiger partial charge in [-0.25, -0.2) is 4.79 Å². The molecule has 0 radical (unpaired) electrons. The van der Waals surface area contributed by atoms with E-state index in [1.165, 1.54) is 16.8 Å². The third-order valence-corrected chi connectivity index (χ3v) is 5.45. The number of hydrogen-bond acceptors (Lipinski definition) is 3. The molecule has 0 saturated carbocycles. The number of benzene rings is 2. The van der Waals surface area contributed by atoms with E-state index in [0.717, 1.165) is 18.7 Å². The quantitative estimate of drug-likeness (QED) is 0.835. The number of hydrogen-bond donors (Lipinski definition) is 1. The average Bonchev–Trinajstić information content (AvgIpc) is 2.65. The highest BCUT2D eigenvalue weighted by molar-refractivity contribution is 6.31. The minimum atomic E-state index is -0.115. The second-order valence-electron chi connectivity index (χ2n) is 6.95. The van der Waals surface area contributed by atoms with Crippen LogP contribution in [0, 0.1) is 20.8 Å². The van der Waals surface area contributed by atoms with Crippen molar-refractivity contribution in [1.29, 1.82) is 0 Å². The highest BCUT2D eigenvalue weighted by Gasteiger charge is 2.23. The fourth-order valence-corrected chi connectivity index (χ4v) is 3.72. The smallest absolute Gasteiger partial charge is 0.322 e. The molecule has 1 N–H and O–H groups in total. The molecular weight excluding hydrogens is 362 g/mol. The summed E-state index contributed by atoms with van der Waals surface area (Å²) < 4.78 is 5.34. The maximum absolute atomic E-state index is 12.7. The van der Waals surface area contributed by atoms with Crippen LogP contribution in [0.15, 0.2) is 30.3 Å². The molecule has 0 spiro atoms.